The first kappa shape index (κ1) is 17.8. The molecule has 7 heteroatoms. The molecule has 0 bridgehead atoms. The van der Waals surface area contributed by atoms with Crippen molar-refractivity contribution in [2.24, 2.45) is 0 Å². The van der Waals surface area contributed by atoms with Crippen LogP contribution in [0.5, 0.6) is 0 Å². The van der Waals surface area contributed by atoms with Crippen molar-refractivity contribution in [1.29, 1.82) is 0 Å². The Morgan fingerprint density at radius 2 is 1.79 bits per heavy atom. The van der Waals surface area contributed by atoms with E-state index in [2.05, 4.69) is 9.80 Å². The van der Waals surface area contributed by atoms with Crippen molar-refractivity contribution >= 4 is 22.9 Å². The van der Waals surface area contributed by atoms with E-state index in [0.717, 1.165) is 43.1 Å². The monoisotopic (exact) mass is 372 g/mol. The molecule has 2 aromatic rings. The Balaban J connectivity index is 1.49. The van der Waals surface area contributed by atoms with E-state index in [1.54, 1.807) is 11.3 Å². The summed E-state index contributed by atoms with van der Waals surface area (Å²) in [7, 11) is 0. The summed E-state index contributed by atoms with van der Waals surface area (Å²) in [6.45, 7) is 4.60. The van der Waals surface area contributed by atoms with Crippen LogP contribution in [0.1, 0.15) is 16.5 Å². The molecule has 0 amide bonds. The molecular weight excluding hydrogens is 354 g/mol. The first-order valence-corrected chi connectivity index (χ1v) is 9.02. The first-order valence-electron chi connectivity index (χ1n) is 7.83. The Labute approximate surface area is 149 Å². The van der Waals surface area contributed by atoms with Crippen LogP contribution in [-0.4, -0.2) is 47.6 Å². The van der Waals surface area contributed by atoms with Gasteiger partial charge < -0.3 is 5.11 Å². The number of thiophene rings is 1. The fourth-order valence-electron chi connectivity index (χ4n) is 2.90. The maximum Gasteiger partial charge on any atom is 0.131 e. The molecule has 0 saturated carbocycles. The summed E-state index contributed by atoms with van der Waals surface area (Å²) in [5.74, 6) is -1.33. The predicted molar refractivity (Wildman–Crippen MR) is 92.4 cm³/mol. The normalized spacial score (nSPS) is 18.0. The molecule has 0 radical (unpaired) electrons. The van der Waals surface area contributed by atoms with Crippen LogP contribution < -0.4 is 0 Å². The minimum atomic E-state index is -0.951. The molecule has 1 aliphatic heterocycles. The summed E-state index contributed by atoms with van der Waals surface area (Å²) < 4.78 is 27.5. The Morgan fingerprint density at radius 1 is 1.08 bits per heavy atom. The van der Waals surface area contributed by atoms with Crippen molar-refractivity contribution in [3.8, 4) is 0 Å². The average molecular weight is 373 g/mol. The third kappa shape index (κ3) is 4.52. The Kier molecular flexibility index (Phi) is 5.84. The molecule has 0 aliphatic carbocycles. The van der Waals surface area contributed by atoms with Gasteiger partial charge in [0.15, 0.2) is 0 Å². The smallest absolute Gasteiger partial charge is 0.131 e. The molecule has 1 fully saturated rings. The summed E-state index contributed by atoms with van der Waals surface area (Å²) >= 11 is 7.54. The molecule has 3 nitrogen and oxygen atoms in total. The van der Waals surface area contributed by atoms with Gasteiger partial charge in [-0.1, -0.05) is 17.7 Å². The van der Waals surface area contributed by atoms with Crippen LogP contribution in [0.25, 0.3) is 0 Å². The molecule has 1 N–H and O–H groups in total. The quantitative estimate of drug-likeness (QED) is 0.869. The maximum atomic E-state index is 13.7. The molecule has 24 heavy (non-hydrogen) atoms. The number of β-amino-alcohol motifs (C(OH)–C–C–N with tert-alkyl or cyclic N) is 1. The zero-order valence-corrected chi connectivity index (χ0v) is 14.7. The number of piperazine rings is 1. The van der Waals surface area contributed by atoms with Crippen molar-refractivity contribution < 1.29 is 13.9 Å². The highest BCUT2D eigenvalue weighted by molar-refractivity contribution is 7.16. The lowest BCUT2D eigenvalue weighted by Gasteiger charge is -2.35. The lowest BCUT2D eigenvalue weighted by Crippen LogP contribution is -2.47. The second kappa shape index (κ2) is 7.89. The van der Waals surface area contributed by atoms with Gasteiger partial charge in [-0.15, -0.1) is 11.3 Å². The van der Waals surface area contributed by atoms with E-state index < -0.39 is 17.7 Å². The van der Waals surface area contributed by atoms with Crippen molar-refractivity contribution in [3.63, 3.8) is 0 Å². The van der Waals surface area contributed by atoms with Gasteiger partial charge in [0.05, 0.1) is 10.4 Å². The third-order valence-electron chi connectivity index (χ3n) is 4.23. The Morgan fingerprint density at radius 3 is 2.42 bits per heavy atom. The molecule has 1 aromatic heterocycles. The number of hydrogen-bond donors (Lipinski definition) is 1. The number of aliphatic hydroxyl groups is 1. The lowest BCUT2D eigenvalue weighted by molar-refractivity contribution is 0.0688. The SMILES string of the molecule is O[C@H](CN1CCN(Cc2ccc(Cl)s2)CC1)c1ccc(F)cc1F. The van der Waals surface area contributed by atoms with Crippen molar-refractivity contribution in [2.45, 2.75) is 12.6 Å². The lowest BCUT2D eigenvalue weighted by atomic mass is 10.1. The highest BCUT2D eigenvalue weighted by Crippen LogP contribution is 2.24. The molecule has 3 rings (SSSR count). The number of benzene rings is 1. The van der Waals surface area contributed by atoms with Crippen molar-refractivity contribution in [2.75, 3.05) is 32.7 Å². The predicted octanol–water partition coefficient (Wildman–Crippen LogP) is 3.53. The van der Waals surface area contributed by atoms with E-state index in [4.69, 9.17) is 11.6 Å². The van der Waals surface area contributed by atoms with Gasteiger partial charge in [-0.05, 0) is 18.2 Å². The van der Waals surface area contributed by atoms with E-state index in [0.29, 0.717) is 6.54 Å². The number of rotatable bonds is 5. The van der Waals surface area contributed by atoms with Gasteiger partial charge in [0.1, 0.15) is 11.6 Å². The molecular formula is C17H19ClF2N2OS. The van der Waals surface area contributed by atoms with Crippen LogP contribution in [0.3, 0.4) is 0 Å². The van der Waals surface area contributed by atoms with Gasteiger partial charge in [-0.3, -0.25) is 9.80 Å². The first-order chi connectivity index (χ1) is 11.5. The fourth-order valence-corrected chi connectivity index (χ4v) is 4.03. The number of hydrogen-bond acceptors (Lipinski definition) is 4. The molecule has 1 saturated heterocycles. The van der Waals surface area contributed by atoms with Gasteiger partial charge in [0.2, 0.25) is 0 Å². The molecule has 130 valence electrons. The van der Waals surface area contributed by atoms with Gasteiger partial charge >= 0.3 is 0 Å². The Hall–Kier alpha value is -1.05. The zero-order chi connectivity index (χ0) is 17.1. The van der Waals surface area contributed by atoms with Crippen molar-refractivity contribution in [1.82, 2.24) is 9.80 Å². The highest BCUT2D eigenvalue weighted by atomic mass is 35.5. The summed E-state index contributed by atoms with van der Waals surface area (Å²) in [5.41, 5.74) is 0.145. The molecule has 0 spiro atoms. The van der Waals surface area contributed by atoms with Gasteiger partial charge in [0.25, 0.3) is 0 Å². The fraction of sp³-hybridized carbons (Fsp3) is 0.412. The minimum absolute atomic E-state index is 0.145. The largest absolute Gasteiger partial charge is 0.387 e. The number of nitrogens with zero attached hydrogens (tertiary/aromatic N) is 2. The maximum absolute atomic E-state index is 13.7. The van der Waals surface area contributed by atoms with Gasteiger partial charge in [-0.2, -0.15) is 0 Å². The summed E-state index contributed by atoms with van der Waals surface area (Å²) in [6, 6.07) is 7.24. The molecule has 1 aromatic carbocycles. The summed E-state index contributed by atoms with van der Waals surface area (Å²) in [5, 5.41) is 10.2. The summed E-state index contributed by atoms with van der Waals surface area (Å²) in [6.07, 6.45) is -0.951. The number of aliphatic hydroxyl groups excluding tert-OH is 1. The van der Waals surface area contributed by atoms with E-state index in [1.807, 2.05) is 12.1 Å². The molecule has 0 unspecified atom stereocenters. The molecule has 1 aliphatic rings. The van der Waals surface area contributed by atoms with Crippen LogP contribution >= 0.6 is 22.9 Å². The van der Waals surface area contributed by atoms with Gasteiger partial charge in [-0.25, -0.2) is 8.78 Å². The summed E-state index contributed by atoms with van der Waals surface area (Å²) in [4.78, 5) is 5.68. The van der Waals surface area contributed by atoms with Crippen LogP contribution in [0.15, 0.2) is 30.3 Å². The van der Waals surface area contributed by atoms with E-state index >= 15 is 0 Å². The van der Waals surface area contributed by atoms with E-state index in [-0.39, 0.29) is 5.56 Å². The van der Waals surface area contributed by atoms with Gasteiger partial charge in [0, 0.05) is 55.8 Å². The molecule has 2 heterocycles. The second-order valence-electron chi connectivity index (χ2n) is 5.96. The minimum Gasteiger partial charge on any atom is -0.387 e. The van der Waals surface area contributed by atoms with Crippen LogP contribution in [0.2, 0.25) is 4.34 Å². The topological polar surface area (TPSA) is 26.7 Å². The highest BCUT2D eigenvalue weighted by Gasteiger charge is 2.22. The number of halogens is 3. The van der Waals surface area contributed by atoms with Crippen molar-refractivity contribution in [3.05, 3.63) is 56.7 Å². The van der Waals surface area contributed by atoms with E-state index in [1.165, 1.54) is 17.0 Å². The van der Waals surface area contributed by atoms with Crippen LogP contribution in [0.4, 0.5) is 8.78 Å². The second-order valence-corrected chi connectivity index (χ2v) is 7.76. The van der Waals surface area contributed by atoms with Crippen LogP contribution in [-0.2, 0) is 6.54 Å². The average Bonchev–Trinajstić information content (AvgIpc) is 2.94. The zero-order valence-electron chi connectivity index (χ0n) is 13.1. The van der Waals surface area contributed by atoms with Crippen LogP contribution in [0, 0.1) is 11.6 Å². The molecule has 1 atom stereocenters. The third-order valence-corrected chi connectivity index (χ3v) is 5.44. The standard InChI is InChI=1S/C17H19ClF2N2OS/c18-17-4-2-13(24-17)10-21-5-7-22(8-6-21)11-16(23)14-3-1-12(19)9-15(14)20/h1-4,9,16,23H,5-8,10-11H2/t16-/m1/s1. The van der Waals surface area contributed by atoms with E-state index in [9.17, 15) is 13.9 Å². The Bertz CT molecular complexity index is 689.